The minimum atomic E-state index is 0.143. The highest BCUT2D eigenvalue weighted by Crippen LogP contribution is 2.16. The molecule has 0 unspecified atom stereocenters. The van der Waals surface area contributed by atoms with Crippen LogP contribution in [0.15, 0.2) is 23.3 Å². The quantitative estimate of drug-likeness (QED) is 0.614. The van der Waals surface area contributed by atoms with E-state index in [1.54, 1.807) is 6.20 Å². The van der Waals surface area contributed by atoms with Gasteiger partial charge in [-0.25, -0.2) is 0 Å². The Morgan fingerprint density at radius 2 is 2.33 bits per heavy atom. The summed E-state index contributed by atoms with van der Waals surface area (Å²) in [6.07, 6.45) is 2.81. The lowest BCUT2D eigenvalue weighted by Gasteiger charge is -2.12. The topological polar surface area (TPSA) is 47.0 Å². The maximum Gasteiger partial charge on any atom is 0.138 e. The summed E-state index contributed by atoms with van der Waals surface area (Å²) < 4.78 is 11.1. The molecule has 0 radical (unpaired) electrons. The lowest BCUT2D eigenvalue weighted by atomic mass is 10.2. The zero-order valence-corrected chi connectivity index (χ0v) is 13.5. The average Bonchev–Trinajstić information content (AvgIpc) is 2.98. The van der Waals surface area contributed by atoms with E-state index in [9.17, 15) is 0 Å². The van der Waals surface area contributed by atoms with Gasteiger partial charge in [0.15, 0.2) is 0 Å². The number of rotatable bonds is 5. The summed E-state index contributed by atoms with van der Waals surface area (Å²) >= 11 is 5.21. The number of pyridine rings is 1. The number of aromatic nitrogens is 1. The highest BCUT2D eigenvalue weighted by Gasteiger charge is 2.17. The maximum atomic E-state index is 5.78. The van der Waals surface area contributed by atoms with Crippen LogP contribution in [-0.2, 0) is 4.74 Å². The second-order valence-corrected chi connectivity index (χ2v) is 5.64. The standard InChI is InChI=1S/C15H21N3O2S/c1-11(16-9-15(21)18(2)3)14-5-4-12(8-17-14)20-13-6-7-19-10-13/h4-5,8,13H,6-7,9-10H2,1-3H3/t13-/m0/s1. The van der Waals surface area contributed by atoms with Crippen molar-refractivity contribution in [3.05, 3.63) is 24.0 Å². The van der Waals surface area contributed by atoms with Gasteiger partial charge in [0.2, 0.25) is 0 Å². The van der Waals surface area contributed by atoms with Crippen LogP contribution in [0.1, 0.15) is 19.0 Å². The predicted octanol–water partition coefficient (Wildman–Crippen LogP) is 1.95. The van der Waals surface area contributed by atoms with Crippen molar-refractivity contribution < 1.29 is 9.47 Å². The predicted molar refractivity (Wildman–Crippen MR) is 87.5 cm³/mol. The van der Waals surface area contributed by atoms with E-state index in [4.69, 9.17) is 21.7 Å². The zero-order valence-electron chi connectivity index (χ0n) is 12.7. The molecular weight excluding hydrogens is 286 g/mol. The van der Waals surface area contributed by atoms with Crippen molar-refractivity contribution in [1.29, 1.82) is 0 Å². The van der Waals surface area contributed by atoms with Crippen LogP contribution in [-0.4, -0.2) is 60.5 Å². The van der Waals surface area contributed by atoms with Crippen molar-refractivity contribution >= 4 is 22.9 Å². The van der Waals surface area contributed by atoms with E-state index in [1.165, 1.54) is 0 Å². The third-order valence-corrected chi connectivity index (χ3v) is 3.74. The minimum absolute atomic E-state index is 0.143. The van der Waals surface area contributed by atoms with Gasteiger partial charge in [0.1, 0.15) is 11.9 Å². The molecule has 2 rings (SSSR count). The molecule has 5 nitrogen and oxygen atoms in total. The van der Waals surface area contributed by atoms with Gasteiger partial charge >= 0.3 is 0 Å². The van der Waals surface area contributed by atoms with E-state index >= 15 is 0 Å². The van der Waals surface area contributed by atoms with Crippen LogP contribution >= 0.6 is 12.2 Å². The van der Waals surface area contributed by atoms with Crippen LogP contribution in [0.5, 0.6) is 5.75 Å². The molecular formula is C15H21N3O2S. The molecule has 2 heterocycles. The van der Waals surface area contributed by atoms with Gasteiger partial charge in [-0.15, -0.1) is 0 Å². The largest absolute Gasteiger partial charge is 0.486 e. The number of hydrogen-bond donors (Lipinski definition) is 0. The van der Waals surface area contributed by atoms with E-state index in [2.05, 4.69) is 9.98 Å². The Bertz CT molecular complexity index is 508. The third-order valence-electron chi connectivity index (χ3n) is 3.25. The second kappa shape index (κ2) is 7.47. The molecule has 0 aromatic carbocycles. The smallest absolute Gasteiger partial charge is 0.138 e. The molecule has 0 saturated carbocycles. The van der Waals surface area contributed by atoms with Crippen LogP contribution in [0.4, 0.5) is 0 Å². The van der Waals surface area contributed by atoms with Gasteiger partial charge in [-0.3, -0.25) is 9.98 Å². The molecule has 6 heteroatoms. The number of likely N-dealkylation sites (N-methyl/N-ethyl adjacent to an activating group) is 1. The van der Waals surface area contributed by atoms with Gasteiger partial charge in [-0.1, -0.05) is 12.2 Å². The Hall–Kier alpha value is -1.53. The molecule has 1 atom stereocenters. The van der Waals surface area contributed by atoms with Gasteiger partial charge in [-0.2, -0.15) is 0 Å². The van der Waals surface area contributed by atoms with Crippen LogP contribution in [0.25, 0.3) is 0 Å². The molecule has 0 aliphatic carbocycles. The van der Waals surface area contributed by atoms with Gasteiger partial charge in [-0.05, 0) is 19.1 Å². The number of thiocarbonyl (C=S) groups is 1. The normalized spacial score (nSPS) is 18.6. The molecule has 0 bridgehead atoms. The zero-order chi connectivity index (χ0) is 15.2. The SMILES string of the molecule is CC(=NCC(=S)N(C)C)c1ccc(O[C@H]2CCOC2)cn1. The van der Waals surface area contributed by atoms with Crippen molar-refractivity contribution in [3.63, 3.8) is 0 Å². The fraction of sp³-hybridized carbons (Fsp3) is 0.533. The maximum absolute atomic E-state index is 5.78. The molecule has 0 amide bonds. The molecule has 1 aromatic rings. The van der Waals surface area contributed by atoms with Crippen LogP contribution < -0.4 is 4.74 Å². The van der Waals surface area contributed by atoms with Crippen molar-refractivity contribution in [3.8, 4) is 5.75 Å². The van der Waals surface area contributed by atoms with Crippen molar-refractivity contribution in [2.45, 2.75) is 19.4 Å². The first-order valence-corrected chi connectivity index (χ1v) is 7.39. The van der Waals surface area contributed by atoms with Crippen molar-refractivity contribution in [1.82, 2.24) is 9.88 Å². The van der Waals surface area contributed by atoms with E-state index in [1.807, 2.05) is 38.1 Å². The number of aliphatic imine (C=N–C) groups is 1. The van der Waals surface area contributed by atoms with E-state index in [-0.39, 0.29) is 6.10 Å². The first-order chi connectivity index (χ1) is 10.1. The minimum Gasteiger partial charge on any atom is -0.486 e. The lowest BCUT2D eigenvalue weighted by molar-refractivity contribution is 0.141. The summed E-state index contributed by atoms with van der Waals surface area (Å²) in [4.78, 5) is 11.5. The lowest BCUT2D eigenvalue weighted by Crippen LogP contribution is -2.22. The monoisotopic (exact) mass is 307 g/mol. The summed E-state index contributed by atoms with van der Waals surface area (Å²) in [7, 11) is 3.84. The molecule has 1 aliphatic heterocycles. The molecule has 1 aromatic heterocycles. The average molecular weight is 307 g/mol. The van der Waals surface area contributed by atoms with Crippen molar-refractivity contribution in [2.75, 3.05) is 33.9 Å². The molecule has 114 valence electrons. The van der Waals surface area contributed by atoms with E-state index in [0.717, 1.165) is 35.2 Å². The molecule has 1 saturated heterocycles. The Morgan fingerprint density at radius 1 is 1.52 bits per heavy atom. The molecule has 0 spiro atoms. The third kappa shape index (κ3) is 4.75. The number of ether oxygens (including phenoxy) is 2. The fourth-order valence-electron chi connectivity index (χ4n) is 1.87. The molecule has 21 heavy (non-hydrogen) atoms. The summed E-state index contributed by atoms with van der Waals surface area (Å²) in [6.45, 7) is 3.87. The molecule has 0 N–H and O–H groups in total. The Labute approximate surface area is 131 Å². The van der Waals surface area contributed by atoms with E-state index < -0.39 is 0 Å². The first kappa shape index (κ1) is 15.9. The summed E-state index contributed by atoms with van der Waals surface area (Å²) in [5, 5.41) is 0. The second-order valence-electron chi connectivity index (χ2n) is 5.17. The van der Waals surface area contributed by atoms with Gasteiger partial charge in [0, 0.05) is 20.5 Å². The van der Waals surface area contributed by atoms with Gasteiger partial charge < -0.3 is 14.4 Å². The molecule has 1 fully saturated rings. The Balaban J connectivity index is 1.94. The first-order valence-electron chi connectivity index (χ1n) is 6.98. The fourth-order valence-corrected chi connectivity index (χ4v) is 1.94. The summed E-state index contributed by atoms with van der Waals surface area (Å²) in [5.74, 6) is 0.769. The van der Waals surface area contributed by atoms with Gasteiger partial charge in [0.25, 0.3) is 0 Å². The van der Waals surface area contributed by atoms with Crippen LogP contribution in [0.2, 0.25) is 0 Å². The number of hydrogen-bond acceptors (Lipinski definition) is 5. The Kier molecular flexibility index (Phi) is 5.64. The summed E-state index contributed by atoms with van der Waals surface area (Å²) in [6, 6.07) is 3.84. The number of nitrogens with zero attached hydrogens (tertiary/aromatic N) is 3. The summed E-state index contributed by atoms with van der Waals surface area (Å²) in [5.41, 5.74) is 1.71. The van der Waals surface area contributed by atoms with Crippen LogP contribution in [0.3, 0.4) is 0 Å². The highest BCUT2D eigenvalue weighted by atomic mass is 32.1. The Morgan fingerprint density at radius 3 is 2.90 bits per heavy atom. The van der Waals surface area contributed by atoms with Crippen LogP contribution in [0, 0.1) is 0 Å². The van der Waals surface area contributed by atoms with Crippen molar-refractivity contribution in [2.24, 2.45) is 4.99 Å². The van der Waals surface area contributed by atoms with E-state index in [0.29, 0.717) is 13.2 Å². The van der Waals surface area contributed by atoms with Gasteiger partial charge in [0.05, 0.1) is 42.3 Å². The highest BCUT2D eigenvalue weighted by molar-refractivity contribution is 7.80. The molecule has 1 aliphatic rings.